The number of carbonyl (C=O) groups excluding carboxylic acids is 2. The maximum absolute atomic E-state index is 11.9. The van der Waals surface area contributed by atoms with E-state index in [4.69, 9.17) is 0 Å². The monoisotopic (exact) mass is 396 g/mol. The van der Waals surface area contributed by atoms with Gasteiger partial charge in [-0.05, 0) is 29.8 Å². The SMILES string of the molecule is O=C(Cc1nnc(NC(=O)Nc2ccccc2)s1)N/N=C/c1cccc(O)c1. The van der Waals surface area contributed by atoms with Crippen LogP contribution in [0.3, 0.4) is 0 Å². The summed E-state index contributed by atoms with van der Waals surface area (Å²) in [6, 6.07) is 15.0. The summed E-state index contributed by atoms with van der Waals surface area (Å²) in [5.41, 5.74) is 3.66. The number of nitrogens with one attached hydrogen (secondary N) is 3. The average Bonchev–Trinajstić information content (AvgIpc) is 3.09. The van der Waals surface area contributed by atoms with E-state index in [0.717, 1.165) is 11.3 Å². The second-order valence-corrected chi connectivity index (χ2v) is 6.57. The van der Waals surface area contributed by atoms with E-state index >= 15 is 0 Å². The predicted molar refractivity (Wildman–Crippen MR) is 107 cm³/mol. The molecule has 0 saturated heterocycles. The number of hydrogen-bond donors (Lipinski definition) is 4. The van der Waals surface area contributed by atoms with E-state index < -0.39 is 6.03 Å². The van der Waals surface area contributed by atoms with E-state index in [2.05, 4.69) is 31.4 Å². The molecule has 0 saturated carbocycles. The van der Waals surface area contributed by atoms with Crippen LogP contribution in [0.5, 0.6) is 5.75 Å². The Kier molecular flexibility index (Phi) is 6.26. The first kappa shape index (κ1) is 19.0. The molecule has 1 heterocycles. The van der Waals surface area contributed by atoms with E-state index in [9.17, 15) is 14.7 Å². The number of benzene rings is 2. The van der Waals surface area contributed by atoms with Crippen molar-refractivity contribution in [2.45, 2.75) is 6.42 Å². The van der Waals surface area contributed by atoms with Crippen molar-refractivity contribution in [3.05, 3.63) is 65.2 Å². The highest BCUT2D eigenvalue weighted by Crippen LogP contribution is 2.16. The molecule has 0 aliphatic heterocycles. The van der Waals surface area contributed by atoms with Crippen LogP contribution in [-0.4, -0.2) is 33.5 Å². The molecule has 28 heavy (non-hydrogen) atoms. The summed E-state index contributed by atoms with van der Waals surface area (Å²) in [5, 5.41) is 26.8. The van der Waals surface area contributed by atoms with Crippen molar-refractivity contribution in [3.63, 3.8) is 0 Å². The quantitative estimate of drug-likeness (QED) is 0.376. The van der Waals surface area contributed by atoms with Crippen molar-refractivity contribution >= 4 is 40.3 Å². The van der Waals surface area contributed by atoms with Crippen LogP contribution in [0.1, 0.15) is 10.6 Å². The Bertz CT molecular complexity index is 990. The number of carbonyl (C=O) groups is 2. The van der Waals surface area contributed by atoms with Crippen molar-refractivity contribution < 1.29 is 14.7 Å². The number of para-hydroxylation sites is 1. The second-order valence-electron chi connectivity index (χ2n) is 5.51. The van der Waals surface area contributed by atoms with E-state index in [1.807, 2.05) is 6.07 Å². The van der Waals surface area contributed by atoms with Gasteiger partial charge in [0, 0.05) is 5.69 Å². The lowest BCUT2D eigenvalue weighted by Gasteiger charge is -2.03. The Balaban J connectivity index is 1.47. The topological polar surface area (TPSA) is 129 Å². The van der Waals surface area contributed by atoms with Crippen LogP contribution in [0.15, 0.2) is 59.7 Å². The lowest BCUT2D eigenvalue weighted by Crippen LogP contribution is -2.19. The van der Waals surface area contributed by atoms with Crippen molar-refractivity contribution in [2.75, 3.05) is 10.6 Å². The number of nitrogens with zero attached hydrogens (tertiary/aromatic N) is 3. The van der Waals surface area contributed by atoms with Crippen molar-refractivity contribution in [1.29, 1.82) is 0 Å². The molecule has 1 aromatic heterocycles. The minimum atomic E-state index is -0.450. The lowest BCUT2D eigenvalue weighted by atomic mass is 10.2. The van der Waals surface area contributed by atoms with E-state index in [1.165, 1.54) is 18.3 Å². The third-order valence-electron chi connectivity index (χ3n) is 3.30. The second kappa shape index (κ2) is 9.24. The summed E-state index contributed by atoms with van der Waals surface area (Å²) < 4.78 is 0. The Morgan fingerprint density at radius 2 is 1.89 bits per heavy atom. The first-order valence-electron chi connectivity index (χ1n) is 8.15. The summed E-state index contributed by atoms with van der Waals surface area (Å²) in [4.78, 5) is 23.8. The number of rotatable bonds is 6. The zero-order valence-corrected chi connectivity index (χ0v) is 15.3. The van der Waals surface area contributed by atoms with Crippen molar-refractivity contribution in [1.82, 2.24) is 15.6 Å². The summed E-state index contributed by atoms with van der Waals surface area (Å²) in [6.07, 6.45) is 1.38. The molecule has 0 spiro atoms. The number of phenols is 1. The maximum atomic E-state index is 11.9. The van der Waals surface area contributed by atoms with Crippen LogP contribution in [0, 0.1) is 0 Å². The van der Waals surface area contributed by atoms with Gasteiger partial charge in [-0.1, -0.05) is 41.7 Å². The van der Waals surface area contributed by atoms with Crippen molar-refractivity contribution in [2.24, 2.45) is 5.10 Å². The Hall–Kier alpha value is -3.79. The number of hydrazone groups is 1. The molecule has 10 heteroatoms. The van der Waals surface area contributed by atoms with Crippen LogP contribution in [0.2, 0.25) is 0 Å². The normalized spacial score (nSPS) is 10.6. The fourth-order valence-corrected chi connectivity index (χ4v) is 2.85. The molecule has 142 valence electrons. The molecule has 0 fully saturated rings. The highest BCUT2D eigenvalue weighted by molar-refractivity contribution is 7.15. The summed E-state index contributed by atoms with van der Waals surface area (Å²) in [5.74, 6) is -0.270. The zero-order chi connectivity index (χ0) is 19.8. The number of anilines is 2. The lowest BCUT2D eigenvalue weighted by molar-refractivity contribution is -0.120. The molecule has 9 nitrogen and oxygen atoms in total. The minimum absolute atomic E-state index is 0.0307. The number of amides is 3. The molecule has 3 aromatic rings. The molecule has 0 atom stereocenters. The fraction of sp³-hybridized carbons (Fsp3) is 0.0556. The first-order chi connectivity index (χ1) is 13.6. The third-order valence-corrected chi connectivity index (χ3v) is 4.14. The van der Waals surface area contributed by atoms with E-state index in [1.54, 1.807) is 36.4 Å². The third kappa shape index (κ3) is 5.88. The molecule has 0 bridgehead atoms. The van der Waals surface area contributed by atoms with Crippen LogP contribution in [0.4, 0.5) is 15.6 Å². The van der Waals surface area contributed by atoms with Crippen LogP contribution in [0.25, 0.3) is 0 Å². The van der Waals surface area contributed by atoms with Crippen LogP contribution >= 0.6 is 11.3 Å². The van der Waals surface area contributed by atoms with Crippen LogP contribution in [-0.2, 0) is 11.2 Å². The summed E-state index contributed by atoms with van der Waals surface area (Å²) in [6.45, 7) is 0. The molecule has 3 rings (SSSR count). The molecule has 0 aliphatic carbocycles. The van der Waals surface area contributed by atoms with Gasteiger partial charge >= 0.3 is 6.03 Å². The van der Waals surface area contributed by atoms with Gasteiger partial charge in [0.1, 0.15) is 10.8 Å². The van der Waals surface area contributed by atoms with Gasteiger partial charge in [0.15, 0.2) is 0 Å². The molecular formula is C18H16N6O3S. The minimum Gasteiger partial charge on any atom is -0.508 e. The van der Waals surface area contributed by atoms with Crippen molar-refractivity contribution in [3.8, 4) is 5.75 Å². The number of hydrogen-bond acceptors (Lipinski definition) is 7. The van der Waals surface area contributed by atoms with Gasteiger partial charge in [-0.2, -0.15) is 5.10 Å². The molecule has 3 amide bonds. The van der Waals surface area contributed by atoms with Gasteiger partial charge < -0.3 is 10.4 Å². The average molecular weight is 396 g/mol. The summed E-state index contributed by atoms with van der Waals surface area (Å²) >= 11 is 1.09. The number of aromatic hydroxyl groups is 1. The first-order valence-corrected chi connectivity index (χ1v) is 8.96. The molecule has 4 N–H and O–H groups in total. The molecule has 0 unspecified atom stereocenters. The number of urea groups is 1. The predicted octanol–water partition coefficient (Wildman–Crippen LogP) is 2.58. The Morgan fingerprint density at radius 1 is 1.07 bits per heavy atom. The maximum Gasteiger partial charge on any atom is 0.325 e. The molecule has 0 radical (unpaired) electrons. The van der Waals surface area contributed by atoms with E-state index in [0.29, 0.717) is 16.3 Å². The van der Waals surface area contributed by atoms with Gasteiger partial charge in [-0.3, -0.25) is 10.1 Å². The molecule has 0 aliphatic rings. The smallest absolute Gasteiger partial charge is 0.325 e. The van der Waals surface area contributed by atoms with Crippen LogP contribution < -0.4 is 16.1 Å². The Morgan fingerprint density at radius 3 is 2.68 bits per heavy atom. The standard InChI is InChI=1S/C18H16N6O3S/c25-14-8-4-5-12(9-14)11-19-22-15(26)10-16-23-24-18(28-16)21-17(27)20-13-6-2-1-3-7-13/h1-9,11,25H,10H2,(H,22,26)(H2,20,21,24,27)/b19-11+. The van der Waals surface area contributed by atoms with Gasteiger partial charge in [0.05, 0.1) is 12.6 Å². The fourth-order valence-electron chi connectivity index (χ4n) is 2.12. The van der Waals surface area contributed by atoms with Gasteiger partial charge in [-0.25, -0.2) is 10.2 Å². The van der Waals surface area contributed by atoms with Gasteiger partial charge in [0.25, 0.3) is 0 Å². The zero-order valence-electron chi connectivity index (χ0n) is 14.5. The Labute approximate surface area is 164 Å². The number of aromatic nitrogens is 2. The van der Waals surface area contributed by atoms with E-state index in [-0.39, 0.29) is 23.2 Å². The molecule has 2 aromatic carbocycles. The number of phenolic OH excluding ortho intramolecular Hbond substituents is 1. The van der Waals surface area contributed by atoms with Gasteiger partial charge in [-0.15, -0.1) is 10.2 Å². The highest BCUT2D eigenvalue weighted by Gasteiger charge is 2.11. The van der Waals surface area contributed by atoms with Gasteiger partial charge in [0.2, 0.25) is 11.0 Å². The highest BCUT2D eigenvalue weighted by atomic mass is 32.1. The largest absolute Gasteiger partial charge is 0.508 e. The summed E-state index contributed by atoms with van der Waals surface area (Å²) in [7, 11) is 0. The molecular weight excluding hydrogens is 380 g/mol.